The zero-order chi connectivity index (χ0) is 11.7. The van der Waals surface area contributed by atoms with Crippen molar-refractivity contribution in [2.75, 3.05) is 0 Å². The van der Waals surface area contributed by atoms with Crippen LogP contribution in [0.15, 0.2) is 27.1 Å². The molecule has 0 aliphatic carbocycles. The van der Waals surface area contributed by atoms with Gasteiger partial charge >= 0.3 is 0 Å². The second-order valence-electron chi connectivity index (χ2n) is 3.01. The number of benzene rings is 1. The average molecular weight is 365 g/mol. The Balaban J connectivity index is 2.76. The molecule has 7 heteroatoms. The number of para-hydroxylation sites is 1. The first-order valence-corrected chi connectivity index (χ1v) is 6.36. The summed E-state index contributed by atoms with van der Waals surface area (Å²) < 4.78 is 3.86. The fourth-order valence-electron chi connectivity index (χ4n) is 1.37. The van der Waals surface area contributed by atoms with Crippen LogP contribution < -0.4 is 0 Å². The predicted molar refractivity (Wildman–Crippen MR) is 70.1 cm³/mol. The topological polar surface area (TPSA) is 53.8 Å². The molecule has 4 nitrogen and oxygen atoms in total. The number of hydrogen-bond donors (Lipinski definition) is 2. The number of halogens is 2. The van der Waals surface area contributed by atoms with Gasteiger partial charge in [0.2, 0.25) is 0 Å². The molecule has 0 atom stereocenters. The lowest BCUT2D eigenvalue weighted by Crippen LogP contribution is -2.03. The molecule has 0 aliphatic rings. The molecular weight excluding hydrogens is 358 g/mol. The number of H-pyrrole nitrogens is 1. The van der Waals surface area contributed by atoms with Crippen LogP contribution >= 0.6 is 44.1 Å². The Hall–Kier alpha value is -0.500. The zero-order valence-corrected chi connectivity index (χ0v) is 11.9. The first-order chi connectivity index (χ1) is 7.65. The lowest BCUT2D eigenvalue weighted by atomic mass is 10.3. The molecule has 1 aromatic carbocycles. The van der Waals surface area contributed by atoms with Crippen LogP contribution in [-0.2, 0) is 6.61 Å². The fourth-order valence-corrected chi connectivity index (χ4v) is 2.96. The molecule has 2 aromatic rings. The third-order valence-corrected chi connectivity index (χ3v) is 3.60. The van der Waals surface area contributed by atoms with Crippen molar-refractivity contribution in [3.8, 4) is 5.69 Å². The molecule has 1 heterocycles. The first kappa shape index (κ1) is 12.0. The summed E-state index contributed by atoms with van der Waals surface area (Å²) in [5.74, 6) is 0.470. The minimum atomic E-state index is -0.180. The van der Waals surface area contributed by atoms with Crippen molar-refractivity contribution >= 4 is 44.1 Å². The number of hydrogen-bond acceptors (Lipinski definition) is 3. The van der Waals surface area contributed by atoms with Crippen molar-refractivity contribution in [3.63, 3.8) is 0 Å². The number of nitrogens with zero attached hydrogens (tertiary/aromatic N) is 2. The minimum absolute atomic E-state index is 0.180. The van der Waals surface area contributed by atoms with E-state index in [4.69, 9.17) is 12.2 Å². The quantitative estimate of drug-likeness (QED) is 0.805. The number of aromatic nitrogens is 3. The van der Waals surface area contributed by atoms with E-state index >= 15 is 0 Å². The Kier molecular flexibility index (Phi) is 3.58. The van der Waals surface area contributed by atoms with E-state index < -0.39 is 0 Å². The van der Waals surface area contributed by atoms with Crippen LogP contribution in [0.1, 0.15) is 5.82 Å². The average Bonchev–Trinajstić information content (AvgIpc) is 2.60. The lowest BCUT2D eigenvalue weighted by molar-refractivity contribution is 0.268. The molecule has 0 unspecified atom stereocenters. The SMILES string of the molecule is OCc1n[nH]c(=S)n1-c1c(Br)cccc1Br. The minimum Gasteiger partial charge on any atom is -0.388 e. The van der Waals surface area contributed by atoms with Gasteiger partial charge in [0.05, 0.1) is 5.69 Å². The molecule has 0 saturated heterocycles. The van der Waals surface area contributed by atoms with Crippen LogP contribution in [0.4, 0.5) is 0 Å². The number of aliphatic hydroxyl groups excluding tert-OH is 1. The summed E-state index contributed by atoms with van der Waals surface area (Å²) in [6, 6.07) is 5.70. The smallest absolute Gasteiger partial charge is 0.200 e. The van der Waals surface area contributed by atoms with E-state index in [1.54, 1.807) is 4.57 Å². The Bertz CT molecular complexity index is 558. The van der Waals surface area contributed by atoms with E-state index in [2.05, 4.69) is 42.1 Å². The molecule has 0 aliphatic heterocycles. The highest BCUT2D eigenvalue weighted by molar-refractivity contribution is 9.11. The van der Waals surface area contributed by atoms with Crippen molar-refractivity contribution in [1.29, 1.82) is 0 Å². The Morgan fingerprint density at radius 1 is 1.38 bits per heavy atom. The van der Waals surface area contributed by atoms with Crippen molar-refractivity contribution in [1.82, 2.24) is 14.8 Å². The predicted octanol–water partition coefficient (Wildman–Crippen LogP) is 2.95. The van der Waals surface area contributed by atoms with Crippen LogP contribution in [0.25, 0.3) is 5.69 Å². The molecule has 84 valence electrons. The van der Waals surface area contributed by atoms with E-state index in [9.17, 15) is 5.11 Å². The van der Waals surface area contributed by atoms with Gasteiger partial charge in [-0.05, 0) is 56.2 Å². The molecule has 16 heavy (non-hydrogen) atoms. The maximum atomic E-state index is 9.19. The molecule has 0 bridgehead atoms. The Morgan fingerprint density at radius 2 is 2.00 bits per heavy atom. The molecule has 0 radical (unpaired) electrons. The van der Waals surface area contributed by atoms with E-state index in [1.807, 2.05) is 18.2 Å². The van der Waals surface area contributed by atoms with Crippen molar-refractivity contribution in [2.45, 2.75) is 6.61 Å². The summed E-state index contributed by atoms with van der Waals surface area (Å²) in [6.07, 6.45) is 0. The first-order valence-electron chi connectivity index (χ1n) is 4.36. The van der Waals surface area contributed by atoms with Gasteiger partial charge in [-0.25, -0.2) is 0 Å². The number of nitrogens with one attached hydrogen (secondary N) is 1. The Labute approximate surface area is 114 Å². The van der Waals surface area contributed by atoms with Crippen LogP contribution in [0.3, 0.4) is 0 Å². The van der Waals surface area contributed by atoms with Gasteiger partial charge in [-0.15, -0.1) is 0 Å². The Morgan fingerprint density at radius 3 is 2.56 bits per heavy atom. The van der Waals surface area contributed by atoms with Gasteiger partial charge in [0.25, 0.3) is 0 Å². The van der Waals surface area contributed by atoms with Gasteiger partial charge in [-0.1, -0.05) is 6.07 Å². The number of rotatable bonds is 2. The largest absolute Gasteiger partial charge is 0.388 e. The maximum absolute atomic E-state index is 9.19. The lowest BCUT2D eigenvalue weighted by Gasteiger charge is -2.09. The highest BCUT2D eigenvalue weighted by atomic mass is 79.9. The van der Waals surface area contributed by atoms with Crippen LogP contribution in [0, 0.1) is 4.77 Å². The van der Waals surface area contributed by atoms with Gasteiger partial charge in [0.15, 0.2) is 10.6 Å². The summed E-state index contributed by atoms with van der Waals surface area (Å²) >= 11 is 12.0. The van der Waals surface area contributed by atoms with Crippen molar-refractivity contribution < 1.29 is 5.11 Å². The fraction of sp³-hybridized carbons (Fsp3) is 0.111. The molecule has 0 spiro atoms. The monoisotopic (exact) mass is 363 g/mol. The van der Waals surface area contributed by atoms with Crippen LogP contribution in [0.2, 0.25) is 0 Å². The van der Waals surface area contributed by atoms with Gasteiger partial charge < -0.3 is 5.11 Å². The third-order valence-electron chi connectivity index (χ3n) is 2.04. The molecule has 0 fully saturated rings. The summed E-state index contributed by atoms with van der Waals surface area (Å²) in [7, 11) is 0. The molecule has 2 N–H and O–H groups in total. The van der Waals surface area contributed by atoms with E-state index in [1.165, 1.54) is 0 Å². The van der Waals surface area contributed by atoms with E-state index in [0.717, 1.165) is 14.6 Å². The van der Waals surface area contributed by atoms with Gasteiger partial charge in [-0.2, -0.15) is 5.10 Å². The van der Waals surface area contributed by atoms with Crippen LogP contribution in [-0.4, -0.2) is 19.9 Å². The van der Waals surface area contributed by atoms with Gasteiger partial charge in [0.1, 0.15) is 6.61 Å². The third kappa shape index (κ3) is 2.00. The number of aromatic amines is 1. The highest BCUT2D eigenvalue weighted by Crippen LogP contribution is 2.29. The molecular formula is C9H7Br2N3OS. The maximum Gasteiger partial charge on any atom is 0.200 e. The molecule has 1 aromatic heterocycles. The second-order valence-corrected chi connectivity index (χ2v) is 5.10. The van der Waals surface area contributed by atoms with Crippen molar-refractivity contribution in [3.05, 3.63) is 37.7 Å². The molecule has 2 rings (SSSR count). The standard InChI is InChI=1S/C9H7Br2N3OS/c10-5-2-1-3-6(11)8(5)14-7(4-15)12-13-9(14)16/h1-3,15H,4H2,(H,13,16). The normalized spacial score (nSPS) is 10.7. The number of aliphatic hydroxyl groups is 1. The zero-order valence-electron chi connectivity index (χ0n) is 7.94. The van der Waals surface area contributed by atoms with E-state index in [-0.39, 0.29) is 6.61 Å². The van der Waals surface area contributed by atoms with Gasteiger partial charge in [-0.3, -0.25) is 9.67 Å². The highest BCUT2D eigenvalue weighted by Gasteiger charge is 2.13. The summed E-state index contributed by atoms with van der Waals surface area (Å²) in [4.78, 5) is 0. The summed E-state index contributed by atoms with van der Waals surface area (Å²) in [5.41, 5.74) is 0.824. The van der Waals surface area contributed by atoms with Gasteiger partial charge in [0, 0.05) is 8.95 Å². The van der Waals surface area contributed by atoms with Crippen LogP contribution in [0.5, 0.6) is 0 Å². The molecule has 0 saturated carbocycles. The summed E-state index contributed by atoms with van der Waals surface area (Å²) in [6.45, 7) is -0.180. The summed E-state index contributed by atoms with van der Waals surface area (Å²) in [5, 5.41) is 15.8. The molecule has 0 amide bonds. The second kappa shape index (κ2) is 4.79. The van der Waals surface area contributed by atoms with Crippen molar-refractivity contribution in [2.24, 2.45) is 0 Å². The van der Waals surface area contributed by atoms with E-state index in [0.29, 0.717) is 10.6 Å².